The van der Waals surface area contributed by atoms with Crippen molar-refractivity contribution >= 4 is 22.4 Å². The van der Waals surface area contributed by atoms with Crippen LogP contribution in [0.1, 0.15) is 23.8 Å². The monoisotopic (exact) mass is 302 g/mol. The minimum Gasteiger partial charge on any atom is -0.461 e. The van der Waals surface area contributed by atoms with Gasteiger partial charge in [0.15, 0.2) is 10.8 Å². The van der Waals surface area contributed by atoms with Crippen molar-refractivity contribution in [3.63, 3.8) is 0 Å². The van der Waals surface area contributed by atoms with Gasteiger partial charge >= 0.3 is 5.97 Å². The predicted molar refractivity (Wildman–Crippen MR) is 78.7 cm³/mol. The lowest BCUT2D eigenvalue weighted by molar-refractivity contribution is 0.0520. The largest absolute Gasteiger partial charge is 0.461 e. The number of nitrogens with zero attached hydrogens (tertiary/aromatic N) is 2. The number of anilines is 1. The number of methoxy groups -OCH3 is 2. The van der Waals surface area contributed by atoms with Crippen LogP contribution >= 0.6 is 11.3 Å². The van der Waals surface area contributed by atoms with Crippen molar-refractivity contribution in [1.29, 1.82) is 0 Å². The van der Waals surface area contributed by atoms with Gasteiger partial charge in [-0.25, -0.2) is 9.78 Å². The summed E-state index contributed by atoms with van der Waals surface area (Å²) in [7, 11) is 3.35. The zero-order valence-corrected chi connectivity index (χ0v) is 13.1. The van der Waals surface area contributed by atoms with E-state index in [2.05, 4.69) is 9.88 Å². The van der Waals surface area contributed by atoms with Crippen LogP contribution in [0.2, 0.25) is 0 Å². The molecule has 0 aliphatic rings. The molecule has 114 valence electrons. The number of hydrogen-bond acceptors (Lipinski definition) is 7. The lowest BCUT2D eigenvalue weighted by Gasteiger charge is -2.21. The topological polar surface area (TPSA) is 60.9 Å². The summed E-state index contributed by atoms with van der Waals surface area (Å²) in [5.74, 6) is -0.376. The van der Waals surface area contributed by atoms with Gasteiger partial charge in [0.2, 0.25) is 0 Å². The van der Waals surface area contributed by atoms with Gasteiger partial charge in [-0.1, -0.05) is 0 Å². The van der Waals surface area contributed by atoms with Crippen molar-refractivity contribution in [2.75, 3.05) is 52.0 Å². The Labute approximate surface area is 123 Å². The summed E-state index contributed by atoms with van der Waals surface area (Å²) >= 11 is 1.44. The number of rotatable bonds is 10. The average molecular weight is 302 g/mol. The molecule has 0 amide bonds. The molecular formula is C13H22N2O4S. The highest BCUT2D eigenvalue weighted by molar-refractivity contribution is 7.13. The fraction of sp³-hybridized carbons (Fsp3) is 0.692. The van der Waals surface area contributed by atoms with Crippen molar-refractivity contribution in [2.24, 2.45) is 0 Å². The fourth-order valence-corrected chi connectivity index (χ4v) is 2.46. The van der Waals surface area contributed by atoms with E-state index < -0.39 is 0 Å². The number of ether oxygens (including phenoxy) is 3. The minimum absolute atomic E-state index is 0.354. The molecule has 0 unspecified atom stereocenters. The lowest BCUT2D eigenvalue weighted by Crippen LogP contribution is -2.29. The van der Waals surface area contributed by atoms with Gasteiger partial charge in [0.25, 0.3) is 0 Å². The normalized spacial score (nSPS) is 10.6. The van der Waals surface area contributed by atoms with Crippen LogP contribution in [0.4, 0.5) is 5.13 Å². The molecule has 0 spiro atoms. The van der Waals surface area contributed by atoms with E-state index in [1.807, 2.05) is 0 Å². The Morgan fingerprint density at radius 3 is 2.70 bits per heavy atom. The summed E-state index contributed by atoms with van der Waals surface area (Å²) in [6.45, 7) is 4.98. The second-order valence-corrected chi connectivity index (χ2v) is 4.90. The van der Waals surface area contributed by atoms with Crippen LogP contribution in [0.15, 0.2) is 5.38 Å². The first-order valence-electron chi connectivity index (χ1n) is 6.58. The molecular weight excluding hydrogens is 280 g/mol. The second-order valence-electron chi connectivity index (χ2n) is 4.06. The maximum Gasteiger partial charge on any atom is 0.357 e. The molecule has 0 saturated heterocycles. The van der Waals surface area contributed by atoms with Crippen molar-refractivity contribution < 1.29 is 19.0 Å². The molecule has 7 heteroatoms. The molecule has 6 nitrogen and oxygen atoms in total. The Balaban J connectivity index is 2.66. The van der Waals surface area contributed by atoms with Crippen LogP contribution in [-0.4, -0.2) is 58.1 Å². The summed E-state index contributed by atoms with van der Waals surface area (Å²) in [4.78, 5) is 18.0. The third kappa shape index (κ3) is 5.44. The molecule has 1 heterocycles. The zero-order valence-electron chi connectivity index (χ0n) is 12.3. The molecule has 0 fully saturated rings. The summed E-state index contributed by atoms with van der Waals surface area (Å²) < 4.78 is 15.1. The van der Waals surface area contributed by atoms with Gasteiger partial charge in [0.05, 0.1) is 13.2 Å². The summed E-state index contributed by atoms with van der Waals surface area (Å²) in [6, 6.07) is 0. The Kier molecular flexibility index (Phi) is 8.17. The standard InChI is InChI=1S/C13H22N2O4S/c1-4-19-12(16)11-10-20-13(14-11)15(7-9-18-3)6-5-8-17-2/h10H,4-9H2,1-3H3. The van der Waals surface area contributed by atoms with Crippen LogP contribution in [-0.2, 0) is 14.2 Å². The molecule has 0 aromatic carbocycles. The molecule has 0 N–H and O–H groups in total. The summed E-state index contributed by atoms with van der Waals surface area (Å²) in [5.41, 5.74) is 0.362. The first-order chi connectivity index (χ1) is 9.72. The molecule has 20 heavy (non-hydrogen) atoms. The van der Waals surface area contributed by atoms with E-state index in [1.165, 1.54) is 11.3 Å². The van der Waals surface area contributed by atoms with E-state index in [-0.39, 0.29) is 5.97 Å². The van der Waals surface area contributed by atoms with Gasteiger partial charge in [0, 0.05) is 39.3 Å². The quantitative estimate of drug-likeness (QED) is 0.485. The molecule has 0 aliphatic carbocycles. The number of carbonyl (C=O) groups excluding carboxylic acids is 1. The van der Waals surface area contributed by atoms with Gasteiger partial charge in [0.1, 0.15) is 0 Å². The summed E-state index contributed by atoms with van der Waals surface area (Å²) in [5, 5.41) is 2.53. The third-order valence-electron chi connectivity index (χ3n) is 2.59. The van der Waals surface area contributed by atoms with Crippen LogP contribution < -0.4 is 4.90 Å². The maximum absolute atomic E-state index is 11.6. The van der Waals surface area contributed by atoms with E-state index in [4.69, 9.17) is 14.2 Å². The van der Waals surface area contributed by atoms with Crippen LogP contribution in [0.25, 0.3) is 0 Å². The second kappa shape index (κ2) is 9.68. The van der Waals surface area contributed by atoms with E-state index in [9.17, 15) is 4.79 Å². The molecule has 0 atom stereocenters. The highest BCUT2D eigenvalue weighted by Gasteiger charge is 2.15. The number of aromatic nitrogens is 1. The van der Waals surface area contributed by atoms with Gasteiger partial charge in [-0.3, -0.25) is 0 Å². The van der Waals surface area contributed by atoms with E-state index >= 15 is 0 Å². The number of thiazole rings is 1. The van der Waals surface area contributed by atoms with Crippen molar-refractivity contribution in [3.8, 4) is 0 Å². The van der Waals surface area contributed by atoms with E-state index in [0.717, 1.165) is 24.6 Å². The lowest BCUT2D eigenvalue weighted by atomic mass is 10.4. The van der Waals surface area contributed by atoms with Gasteiger partial charge < -0.3 is 19.1 Å². The molecule has 1 rings (SSSR count). The van der Waals surface area contributed by atoms with E-state index in [1.54, 1.807) is 26.5 Å². The van der Waals surface area contributed by atoms with Gasteiger partial charge in [-0.05, 0) is 13.3 Å². The fourth-order valence-electron chi connectivity index (χ4n) is 1.61. The van der Waals surface area contributed by atoms with Gasteiger partial charge in [-0.15, -0.1) is 11.3 Å². The van der Waals surface area contributed by atoms with Crippen molar-refractivity contribution in [3.05, 3.63) is 11.1 Å². The molecule has 0 bridgehead atoms. The molecule has 1 aromatic heterocycles. The Bertz CT molecular complexity index is 397. The molecule has 0 saturated carbocycles. The van der Waals surface area contributed by atoms with Gasteiger partial charge in [-0.2, -0.15) is 0 Å². The Morgan fingerprint density at radius 2 is 2.05 bits per heavy atom. The summed E-state index contributed by atoms with van der Waals surface area (Å²) in [6.07, 6.45) is 0.897. The maximum atomic E-state index is 11.6. The Morgan fingerprint density at radius 1 is 1.30 bits per heavy atom. The van der Waals surface area contributed by atoms with Crippen molar-refractivity contribution in [2.45, 2.75) is 13.3 Å². The van der Waals surface area contributed by atoms with Crippen LogP contribution in [0, 0.1) is 0 Å². The zero-order chi connectivity index (χ0) is 14.8. The number of esters is 1. The Hall–Kier alpha value is -1.18. The highest BCUT2D eigenvalue weighted by atomic mass is 32.1. The number of carbonyl (C=O) groups is 1. The first kappa shape index (κ1) is 16.9. The molecule has 1 aromatic rings. The molecule has 0 aliphatic heterocycles. The van der Waals surface area contributed by atoms with Crippen LogP contribution in [0.5, 0.6) is 0 Å². The third-order valence-corrected chi connectivity index (χ3v) is 3.49. The SMILES string of the molecule is CCOC(=O)c1csc(N(CCCOC)CCOC)n1. The van der Waals surface area contributed by atoms with Crippen LogP contribution in [0.3, 0.4) is 0 Å². The van der Waals surface area contributed by atoms with Crippen molar-refractivity contribution in [1.82, 2.24) is 4.98 Å². The highest BCUT2D eigenvalue weighted by Crippen LogP contribution is 2.21. The smallest absolute Gasteiger partial charge is 0.357 e. The minimum atomic E-state index is -0.376. The number of hydrogen-bond donors (Lipinski definition) is 0. The average Bonchev–Trinajstić information content (AvgIpc) is 2.92. The first-order valence-corrected chi connectivity index (χ1v) is 7.46. The molecule has 0 radical (unpaired) electrons. The van der Waals surface area contributed by atoms with E-state index in [0.29, 0.717) is 25.5 Å². The predicted octanol–water partition coefficient (Wildman–Crippen LogP) is 1.81.